The van der Waals surface area contributed by atoms with Crippen molar-refractivity contribution in [2.24, 2.45) is 0 Å². The number of hydrogen-bond acceptors (Lipinski definition) is 6. The number of nitrogens with zero attached hydrogens (tertiary/aromatic N) is 5. The summed E-state index contributed by atoms with van der Waals surface area (Å²) in [5, 5.41) is 5.88. The first kappa shape index (κ1) is 18.5. The van der Waals surface area contributed by atoms with Crippen LogP contribution in [0, 0.1) is 6.92 Å². The zero-order valence-corrected chi connectivity index (χ0v) is 16.3. The van der Waals surface area contributed by atoms with E-state index in [0.717, 1.165) is 34.1 Å². The summed E-state index contributed by atoms with van der Waals surface area (Å²) in [5.74, 6) is 0.421. The predicted octanol–water partition coefficient (Wildman–Crippen LogP) is 2.71. The second-order valence-corrected chi connectivity index (χ2v) is 6.58. The predicted molar refractivity (Wildman–Crippen MR) is 111 cm³/mol. The minimum atomic E-state index is -0.0671. The maximum atomic E-state index is 11.0. The molecule has 8 heteroatoms. The van der Waals surface area contributed by atoms with Gasteiger partial charge in [-0.05, 0) is 37.3 Å². The van der Waals surface area contributed by atoms with E-state index in [1.165, 1.54) is 6.92 Å². The van der Waals surface area contributed by atoms with Gasteiger partial charge in [0.2, 0.25) is 11.9 Å². The highest BCUT2D eigenvalue weighted by atomic mass is 16.1. The Bertz CT molecular complexity index is 1170. The summed E-state index contributed by atoms with van der Waals surface area (Å²) < 4.78 is 2.00. The second kappa shape index (κ2) is 8.05. The van der Waals surface area contributed by atoms with E-state index >= 15 is 0 Å². The van der Waals surface area contributed by atoms with Crippen molar-refractivity contribution < 1.29 is 4.79 Å². The molecule has 4 heterocycles. The molecular weight excluding hydrogens is 366 g/mol. The molecule has 0 atom stereocenters. The monoisotopic (exact) mass is 387 g/mol. The van der Waals surface area contributed by atoms with Gasteiger partial charge in [-0.15, -0.1) is 0 Å². The third kappa shape index (κ3) is 4.06. The van der Waals surface area contributed by atoms with Crippen LogP contribution < -0.4 is 10.6 Å². The van der Waals surface area contributed by atoms with Gasteiger partial charge in [0.1, 0.15) is 17.0 Å². The van der Waals surface area contributed by atoms with Crippen molar-refractivity contribution in [3.8, 4) is 22.8 Å². The highest BCUT2D eigenvalue weighted by Gasteiger charge is 2.18. The molecule has 0 unspecified atom stereocenters. The van der Waals surface area contributed by atoms with Crippen LogP contribution in [-0.4, -0.2) is 43.3 Å². The van der Waals surface area contributed by atoms with Gasteiger partial charge in [-0.2, -0.15) is 0 Å². The standard InChI is InChI=1S/C21H21N7O/c1-14-6-5-7-16(25-14)19-20(28-13-4-3-8-18(28)27-19)17-9-10-23-21(26-17)24-12-11-22-15(2)29/h3-10,13H,11-12H2,1-2H3,(H,22,29)(H,23,24,26). The number of anilines is 1. The molecule has 0 fully saturated rings. The zero-order chi connectivity index (χ0) is 20.2. The van der Waals surface area contributed by atoms with Crippen molar-refractivity contribution >= 4 is 17.5 Å². The number of carbonyl (C=O) groups excluding carboxylic acids is 1. The Kier molecular flexibility index (Phi) is 5.15. The summed E-state index contributed by atoms with van der Waals surface area (Å²) in [6.45, 7) is 4.48. The molecule has 0 saturated heterocycles. The molecule has 0 bridgehead atoms. The van der Waals surface area contributed by atoms with Gasteiger partial charge in [0.25, 0.3) is 0 Å². The molecule has 1 amide bonds. The maximum absolute atomic E-state index is 11.0. The molecule has 29 heavy (non-hydrogen) atoms. The van der Waals surface area contributed by atoms with Crippen LogP contribution in [0.1, 0.15) is 12.6 Å². The number of hydrogen-bond donors (Lipinski definition) is 2. The molecule has 4 aromatic heterocycles. The van der Waals surface area contributed by atoms with Crippen LogP contribution in [0.4, 0.5) is 5.95 Å². The number of pyridine rings is 2. The average molecular weight is 387 g/mol. The largest absolute Gasteiger partial charge is 0.355 e. The van der Waals surface area contributed by atoms with Gasteiger partial charge in [-0.1, -0.05) is 12.1 Å². The maximum Gasteiger partial charge on any atom is 0.223 e. The average Bonchev–Trinajstić information content (AvgIpc) is 3.11. The van der Waals surface area contributed by atoms with E-state index in [9.17, 15) is 4.79 Å². The number of rotatable bonds is 6. The highest BCUT2D eigenvalue weighted by Crippen LogP contribution is 2.31. The van der Waals surface area contributed by atoms with Crippen LogP contribution in [-0.2, 0) is 4.79 Å². The highest BCUT2D eigenvalue weighted by molar-refractivity contribution is 5.79. The molecule has 4 aromatic rings. The smallest absolute Gasteiger partial charge is 0.223 e. The molecule has 0 aliphatic carbocycles. The summed E-state index contributed by atoms with van der Waals surface area (Å²) >= 11 is 0. The van der Waals surface area contributed by atoms with Gasteiger partial charge in [0.15, 0.2) is 0 Å². The zero-order valence-electron chi connectivity index (χ0n) is 16.3. The Morgan fingerprint density at radius 3 is 2.72 bits per heavy atom. The van der Waals surface area contributed by atoms with Crippen LogP contribution in [0.2, 0.25) is 0 Å². The molecular formula is C21H21N7O. The molecule has 4 rings (SSSR count). The summed E-state index contributed by atoms with van der Waals surface area (Å²) in [4.78, 5) is 29.4. The Labute approximate surface area is 168 Å². The Morgan fingerprint density at radius 1 is 1.00 bits per heavy atom. The number of amides is 1. The minimum absolute atomic E-state index is 0.0671. The van der Waals surface area contributed by atoms with E-state index in [4.69, 9.17) is 4.98 Å². The summed E-state index contributed by atoms with van der Waals surface area (Å²) in [6, 6.07) is 13.6. The van der Waals surface area contributed by atoms with E-state index < -0.39 is 0 Å². The van der Waals surface area contributed by atoms with Gasteiger partial charge in [0.05, 0.1) is 11.4 Å². The lowest BCUT2D eigenvalue weighted by Gasteiger charge is -2.08. The molecule has 0 saturated carbocycles. The first-order valence-corrected chi connectivity index (χ1v) is 9.34. The third-order valence-electron chi connectivity index (χ3n) is 4.34. The fourth-order valence-electron chi connectivity index (χ4n) is 3.08. The molecule has 2 N–H and O–H groups in total. The second-order valence-electron chi connectivity index (χ2n) is 6.58. The van der Waals surface area contributed by atoms with Gasteiger partial charge in [-0.25, -0.2) is 15.0 Å². The number of imidazole rings is 1. The molecule has 146 valence electrons. The number of aryl methyl sites for hydroxylation is 1. The Balaban J connectivity index is 1.74. The minimum Gasteiger partial charge on any atom is -0.355 e. The summed E-state index contributed by atoms with van der Waals surface area (Å²) in [5.41, 5.74) is 4.89. The van der Waals surface area contributed by atoms with Crippen LogP contribution in [0.15, 0.2) is 54.9 Å². The van der Waals surface area contributed by atoms with Crippen molar-refractivity contribution in [3.05, 3.63) is 60.6 Å². The van der Waals surface area contributed by atoms with Crippen LogP contribution in [0.3, 0.4) is 0 Å². The molecule has 0 radical (unpaired) electrons. The lowest BCUT2D eigenvalue weighted by atomic mass is 10.1. The van der Waals surface area contributed by atoms with Crippen LogP contribution >= 0.6 is 0 Å². The van der Waals surface area contributed by atoms with E-state index in [1.807, 2.05) is 60.0 Å². The SMILES string of the molecule is CC(=O)NCCNc1nccc(-c2c(-c3cccc(C)n3)nc3ccccn23)n1. The lowest BCUT2D eigenvalue weighted by Crippen LogP contribution is -2.26. The van der Waals surface area contributed by atoms with Crippen molar-refractivity contribution in [3.63, 3.8) is 0 Å². The van der Waals surface area contributed by atoms with E-state index in [-0.39, 0.29) is 5.91 Å². The number of fused-ring (bicyclic) bond motifs is 1. The molecule has 0 spiro atoms. The van der Waals surface area contributed by atoms with Crippen molar-refractivity contribution in [1.82, 2.24) is 29.7 Å². The molecule has 0 aromatic carbocycles. The Morgan fingerprint density at radius 2 is 1.90 bits per heavy atom. The van der Waals surface area contributed by atoms with Gasteiger partial charge >= 0.3 is 0 Å². The summed E-state index contributed by atoms with van der Waals surface area (Å²) in [6.07, 6.45) is 3.67. The first-order valence-electron chi connectivity index (χ1n) is 9.34. The molecule has 0 aliphatic heterocycles. The van der Waals surface area contributed by atoms with E-state index in [1.54, 1.807) is 6.20 Å². The topological polar surface area (TPSA) is 97.1 Å². The lowest BCUT2D eigenvalue weighted by molar-refractivity contribution is -0.118. The first-order chi connectivity index (χ1) is 14.1. The fraction of sp³-hybridized carbons (Fsp3) is 0.190. The Hall–Kier alpha value is -3.81. The van der Waals surface area contributed by atoms with E-state index in [0.29, 0.717) is 19.0 Å². The number of aromatic nitrogens is 5. The van der Waals surface area contributed by atoms with Crippen LogP contribution in [0.25, 0.3) is 28.4 Å². The molecule has 0 aliphatic rings. The van der Waals surface area contributed by atoms with Crippen molar-refractivity contribution in [2.75, 3.05) is 18.4 Å². The van der Waals surface area contributed by atoms with Gasteiger partial charge in [-0.3, -0.25) is 14.2 Å². The number of nitrogens with one attached hydrogen (secondary N) is 2. The number of carbonyl (C=O) groups is 1. The fourth-order valence-corrected chi connectivity index (χ4v) is 3.08. The van der Waals surface area contributed by atoms with Gasteiger partial charge < -0.3 is 10.6 Å². The van der Waals surface area contributed by atoms with E-state index in [2.05, 4.69) is 25.6 Å². The third-order valence-corrected chi connectivity index (χ3v) is 4.34. The van der Waals surface area contributed by atoms with Crippen molar-refractivity contribution in [2.45, 2.75) is 13.8 Å². The summed E-state index contributed by atoms with van der Waals surface area (Å²) in [7, 11) is 0. The quantitative estimate of drug-likeness (QED) is 0.494. The van der Waals surface area contributed by atoms with Crippen LogP contribution in [0.5, 0.6) is 0 Å². The normalized spacial score (nSPS) is 10.8. The molecule has 8 nitrogen and oxygen atoms in total. The van der Waals surface area contributed by atoms with Crippen molar-refractivity contribution in [1.29, 1.82) is 0 Å². The van der Waals surface area contributed by atoms with Gasteiger partial charge in [0, 0.05) is 38.1 Å².